The predicted octanol–water partition coefficient (Wildman–Crippen LogP) is 2.55. The summed E-state index contributed by atoms with van der Waals surface area (Å²) in [6.07, 6.45) is 1.55. The van der Waals surface area contributed by atoms with Crippen LogP contribution in [-0.4, -0.2) is 41.3 Å². The SMILES string of the molecule is CCCS(=O)(=O)Nc1ccc(NC(=O)CN(c2ccccc2C)S(C)(=O)=O)cc1. The van der Waals surface area contributed by atoms with Crippen molar-refractivity contribution in [2.75, 3.05) is 32.9 Å². The maximum atomic E-state index is 12.4. The summed E-state index contributed by atoms with van der Waals surface area (Å²) < 4.78 is 51.5. The van der Waals surface area contributed by atoms with Gasteiger partial charge in [0, 0.05) is 11.4 Å². The monoisotopic (exact) mass is 439 g/mol. The number of hydrogen-bond donors (Lipinski definition) is 2. The van der Waals surface area contributed by atoms with Crippen molar-refractivity contribution in [3.05, 3.63) is 54.1 Å². The summed E-state index contributed by atoms with van der Waals surface area (Å²) in [5.74, 6) is -0.496. The van der Waals surface area contributed by atoms with Crippen LogP contribution in [0.4, 0.5) is 17.1 Å². The van der Waals surface area contributed by atoms with Crippen molar-refractivity contribution in [2.24, 2.45) is 0 Å². The van der Waals surface area contributed by atoms with Crippen LogP contribution in [0.2, 0.25) is 0 Å². The first-order valence-electron chi connectivity index (χ1n) is 8.95. The first-order valence-corrected chi connectivity index (χ1v) is 12.5. The van der Waals surface area contributed by atoms with E-state index in [0.29, 0.717) is 23.5 Å². The molecule has 0 aromatic heterocycles. The van der Waals surface area contributed by atoms with E-state index in [-0.39, 0.29) is 12.3 Å². The maximum absolute atomic E-state index is 12.4. The van der Waals surface area contributed by atoms with E-state index >= 15 is 0 Å². The molecule has 1 amide bonds. The number of rotatable bonds is 9. The molecule has 2 rings (SSSR count). The Balaban J connectivity index is 2.10. The summed E-state index contributed by atoms with van der Waals surface area (Å²) in [6, 6.07) is 13.0. The van der Waals surface area contributed by atoms with Crippen LogP contribution >= 0.6 is 0 Å². The van der Waals surface area contributed by atoms with Gasteiger partial charge in [0.2, 0.25) is 26.0 Å². The van der Waals surface area contributed by atoms with Crippen molar-refractivity contribution in [3.63, 3.8) is 0 Å². The Bertz CT molecular complexity index is 1070. The Morgan fingerprint density at radius 2 is 1.55 bits per heavy atom. The predicted molar refractivity (Wildman–Crippen MR) is 116 cm³/mol. The lowest BCUT2D eigenvalue weighted by Gasteiger charge is -2.23. The average Bonchev–Trinajstić information content (AvgIpc) is 2.61. The molecule has 0 aliphatic heterocycles. The van der Waals surface area contributed by atoms with Crippen molar-refractivity contribution in [3.8, 4) is 0 Å². The third-order valence-electron chi connectivity index (χ3n) is 3.99. The number of nitrogens with zero attached hydrogens (tertiary/aromatic N) is 1. The number of amides is 1. The van der Waals surface area contributed by atoms with Gasteiger partial charge in [-0.05, 0) is 49.2 Å². The van der Waals surface area contributed by atoms with E-state index in [1.54, 1.807) is 50.2 Å². The number of carbonyl (C=O) groups is 1. The fourth-order valence-electron chi connectivity index (χ4n) is 2.68. The van der Waals surface area contributed by atoms with Gasteiger partial charge in [-0.1, -0.05) is 25.1 Å². The molecule has 0 saturated heterocycles. The number of nitrogens with one attached hydrogen (secondary N) is 2. The van der Waals surface area contributed by atoms with E-state index in [0.717, 1.165) is 16.1 Å². The Kier molecular flexibility index (Phi) is 7.26. The van der Waals surface area contributed by atoms with Crippen molar-refractivity contribution in [1.29, 1.82) is 0 Å². The second-order valence-electron chi connectivity index (χ2n) is 6.60. The Morgan fingerprint density at radius 3 is 2.10 bits per heavy atom. The minimum absolute atomic E-state index is 0.0196. The van der Waals surface area contributed by atoms with Crippen molar-refractivity contribution in [1.82, 2.24) is 0 Å². The zero-order chi connectivity index (χ0) is 21.7. The molecule has 0 heterocycles. The van der Waals surface area contributed by atoms with Crippen LogP contribution in [0.15, 0.2) is 48.5 Å². The summed E-state index contributed by atoms with van der Waals surface area (Å²) in [6.45, 7) is 3.16. The Hall–Kier alpha value is -2.59. The number of hydrogen-bond acceptors (Lipinski definition) is 5. The molecule has 0 aliphatic rings. The fraction of sp³-hybridized carbons (Fsp3) is 0.316. The zero-order valence-corrected chi connectivity index (χ0v) is 18.2. The van der Waals surface area contributed by atoms with Gasteiger partial charge < -0.3 is 5.32 Å². The fourth-order valence-corrected chi connectivity index (χ4v) is 4.72. The quantitative estimate of drug-likeness (QED) is 0.623. The molecule has 0 spiro atoms. The third-order valence-corrected chi connectivity index (χ3v) is 6.61. The summed E-state index contributed by atoms with van der Waals surface area (Å²) >= 11 is 0. The molecule has 0 fully saturated rings. The average molecular weight is 440 g/mol. The van der Waals surface area contributed by atoms with Gasteiger partial charge in [-0.15, -0.1) is 0 Å². The van der Waals surface area contributed by atoms with Gasteiger partial charge >= 0.3 is 0 Å². The standard InChI is InChI=1S/C19H25N3O5S2/c1-4-13-29(26,27)21-17-11-9-16(10-12-17)20-19(23)14-22(28(3,24)25)18-8-6-5-7-15(18)2/h5-12,21H,4,13-14H2,1-3H3,(H,20,23). The highest BCUT2D eigenvalue weighted by atomic mass is 32.2. The van der Waals surface area contributed by atoms with Crippen molar-refractivity contribution in [2.45, 2.75) is 20.3 Å². The molecule has 8 nitrogen and oxygen atoms in total. The first kappa shape index (κ1) is 22.7. The van der Waals surface area contributed by atoms with Crippen LogP contribution in [0.5, 0.6) is 0 Å². The second kappa shape index (κ2) is 9.27. The lowest BCUT2D eigenvalue weighted by Crippen LogP contribution is -2.37. The second-order valence-corrected chi connectivity index (χ2v) is 10.4. The lowest BCUT2D eigenvalue weighted by atomic mass is 10.2. The topological polar surface area (TPSA) is 113 Å². The number of anilines is 3. The van der Waals surface area contributed by atoms with E-state index in [4.69, 9.17) is 0 Å². The maximum Gasteiger partial charge on any atom is 0.245 e. The minimum atomic E-state index is -3.66. The molecule has 0 atom stereocenters. The third kappa shape index (κ3) is 6.75. The van der Waals surface area contributed by atoms with Gasteiger partial charge in [-0.25, -0.2) is 16.8 Å². The largest absolute Gasteiger partial charge is 0.325 e. The number of aryl methyl sites for hydroxylation is 1. The summed E-state index contributed by atoms with van der Waals surface area (Å²) in [7, 11) is -7.06. The molecular weight excluding hydrogens is 414 g/mol. The lowest BCUT2D eigenvalue weighted by molar-refractivity contribution is -0.114. The van der Waals surface area contributed by atoms with Crippen LogP contribution in [-0.2, 0) is 24.8 Å². The van der Waals surface area contributed by atoms with E-state index in [1.165, 1.54) is 12.1 Å². The number of carbonyl (C=O) groups excluding carboxylic acids is 1. The first-order chi connectivity index (χ1) is 13.5. The van der Waals surface area contributed by atoms with Crippen LogP contribution in [0.3, 0.4) is 0 Å². The number of benzene rings is 2. The van der Waals surface area contributed by atoms with E-state index in [2.05, 4.69) is 10.0 Å². The minimum Gasteiger partial charge on any atom is -0.325 e. The molecule has 0 bridgehead atoms. The van der Waals surface area contributed by atoms with Gasteiger partial charge in [0.05, 0.1) is 17.7 Å². The smallest absolute Gasteiger partial charge is 0.245 e. The van der Waals surface area contributed by atoms with Gasteiger partial charge in [0.25, 0.3) is 0 Å². The summed E-state index contributed by atoms with van der Waals surface area (Å²) in [5, 5.41) is 2.63. The highest BCUT2D eigenvalue weighted by Gasteiger charge is 2.22. The molecule has 2 N–H and O–H groups in total. The number of sulfonamides is 2. The molecule has 158 valence electrons. The van der Waals surface area contributed by atoms with Crippen LogP contribution in [0.25, 0.3) is 0 Å². The molecular formula is C19H25N3O5S2. The van der Waals surface area contributed by atoms with Crippen LogP contribution in [0, 0.1) is 6.92 Å². The normalized spacial score (nSPS) is 11.7. The van der Waals surface area contributed by atoms with Crippen molar-refractivity contribution < 1.29 is 21.6 Å². The van der Waals surface area contributed by atoms with E-state index < -0.39 is 26.0 Å². The molecule has 10 heteroatoms. The number of para-hydroxylation sites is 1. The van der Waals surface area contributed by atoms with Crippen LogP contribution in [0.1, 0.15) is 18.9 Å². The van der Waals surface area contributed by atoms with Crippen molar-refractivity contribution >= 4 is 43.0 Å². The molecule has 0 saturated carbocycles. The van der Waals surface area contributed by atoms with E-state index in [9.17, 15) is 21.6 Å². The highest BCUT2D eigenvalue weighted by molar-refractivity contribution is 7.92. The van der Waals surface area contributed by atoms with E-state index in [1.807, 2.05) is 0 Å². The van der Waals surface area contributed by atoms with Crippen LogP contribution < -0.4 is 14.3 Å². The summed E-state index contributed by atoms with van der Waals surface area (Å²) in [5.41, 5.74) is 1.97. The van der Waals surface area contributed by atoms with Gasteiger partial charge in [-0.3, -0.25) is 13.8 Å². The zero-order valence-electron chi connectivity index (χ0n) is 16.5. The molecule has 2 aromatic rings. The van der Waals surface area contributed by atoms with Gasteiger partial charge in [0.1, 0.15) is 6.54 Å². The molecule has 0 aliphatic carbocycles. The molecule has 2 aromatic carbocycles. The highest BCUT2D eigenvalue weighted by Crippen LogP contribution is 2.22. The summed E-state index contributed by atoms with van der Waals surface area (Å²) in [4.78, 5) is 12.4. The molecule has 29 heavy (non-hydrogen) atoms. The van der Waals surface area contributed by atoms with Gasteiger partial charge in [-0.2, -0.15) is 0 Å². The molecule has 0 unspecified atom stereocenters. The Labute approximate surface area is 172 Å². The molecule has 0 radical (unpaired) electrons. The van der Waals surface area contributed by atoms with Gasteiger partial charge in [0.15, 0.2) is 0 Å². The Morgan fingerprint density at radius 1 is 0.966 bits per heavy atom.